The number of hydrogen-bond acceptors (Lipinski definition) is 4. The van der Waals surface area contributed by atoms with Gasteiger partial charge in [-0.2, -0.15) is 5.26 Å². The average Bonchev–Trinajstić information content (AvgIpc) is 3.64. The molecule has 1 aliphatic heterocycles. The lowest BCUT2D eigenvalue weighted by atomic mass is 9.97. The van der Waals surface area contributed by atoms with Gasteiger partial charge in [-0.3, -0.25) is 4.99 Å². The summed E-state index contributed by atoms with van der Waals surface area (Å²) >= 11 is 1.87. The summed E-state index contributed by atoms with van der Waals surface area (Å²) in [7, 11) is 0. The van der Waals surface area contributed by atoms with Gasteiger partial charge < -0.3 is 9.88 Å². The predicted octanol–water partition coefficient (Wildman–Crippen LogP) is 9.98. The Balaban J connectivity index is 1.25. The van der Waals surface area contributed by atoms with Crippen LogP contribution in [0.2, 0.25) is 0 Å². The van der Waals surface area contributed by atoms with Crippen LogP contribution in [0.15, 0.2) is 138 Å². The van der Waals surface area contributed by atoms with E-state index in [9.17, 15) is 5.26 Å². The molecule has 8 aromatic rings. The summed E-state index contributed by atoms with van der Waals surface area (Å²) in [4.78, 5) is 5.26. The van der Waals surface area contributed by atoms with E-state index in [0.29, 0.717) is 5.56 Å². The number of benzene rings is 6. The van der Waals surface area contributed by atoms with Gasteiger partial charge in [0, 0.05) is 48.7 Å². The molecule has 0 saturated carbocycles. The van der Waals surface area contributed by atoms with Crippen molar-refractivity contribution in [3.05, 3.63) is 156 Å². The molecule has 1 N–H and O–H groups in total. The highest BCUT2D eigenvalue weighted by molar-refractivity contribution is 7.26. The Bertz CT molecular complexity index is 2490. The molecular formula is C39H24N4S. The van der Waals surface area contributed by atoms with Crippen LogP contribution >= 0.6 is 11.3 Å². The van der Waals surface area contributed by atoms with Crippen molar-refractivity contribution < 1.29 is 0 Å². The van der Waals surface area contributed by atoms with Crippen molar-refractivity contribution in [1.82, 2.24) is 4.57 Å². The Hall–Kier alpha value is -5.70. The van der Waals surface area contributed by atoms with E-state index in [4.69, 9.17) is 4.99 Å². The summed E-state index contributed by atoms with van der Waals surface area (Å²) in [5.74, 6) is 0. The van der Waals surface area contributed by atoms with Crippen molar-refractivity contribution in [3.63, 3.8) is 0 Å². The Kier molecular flexibility index (Phi) is 5.46. The van der Waals surface area contributed by atoms with E-state index >= 15 is 0 Å². The SMILES string of the molecule is N#Cc1ccc(C2=NC(c3cccc(-n4c5ccccc5c5ccc6c7ccccc7sc6c54)c3)Nc3ccccc32)cc1. The Labute approximate surface area is 257 Å². The first-order valence-electron chi connectivity index (χ1n) is 14.6. The number of aromatic nitrogens is 1. The van der Waals surface area contributed by atoms with Gasteiger partial charge in [-0.15, -0.1) is 11.3 Å². The highest BCUT2D eigenvalue weighted by Gasteiger charge is 2.24. The molecule has 0 aliphatic carbocycles. The summed E-state index contributed by atoms with van der Waals surface area (Å²) < 4.78 is 5.03. The summed E-state index contributed by atoms with van der Waals surface area (Å²) in [6.45, 7) is 0. The third-order valence-electron chi connectivity index (χ3n) is 8.64. The number of nitriles is 1. The molecule has 44 heavy (non-hydrogen) atoms. The second kappa shape index (κ2) is 9.67. The number of nitrogens with zero attached hydrogens (tertiary/aromatic N) is 3. The van der Waals surface area contributed by atoms with Gasteiger partial charge in [0.05, 0.1) is 33.1 Å². The van der Waals surface area contributed by atoms with Crippen molar-refractivity contribution in [2.24, 2.45) is 4.99 Å². The standard InChI is InChI=1S/C39H24N4S/c40-23-24-16-18-25(19-17-24)36-32-12-1-4-13-33(32)41-39(42-36)26-8-7-9-27(22-26)43-34-14-5-2-10-28(34)30-20-21-31-29-11-3-6-15-35(29)44-38(31)37(30)43/h1-22,39,41H. The fourth-order valence-electron chi connectivity index (χ4n) is 6.62. The van der Waals surface area contributed by atoms with Crippen molar-refractivity contribution in [2.75, 3.05) is 5.32 Å². The fraction of sp³-hybridized carbons (Fsp3) is 0.0256. The van der Waals surface area contributed by atoms with Crippen LogP contribution in [-0.4, -0.2) is 10.3 Å². The number of hydrogen-bond donors (Lipinski definition) is 1. The molecule has 0 amide bonds. The van der Waals surface area contributed by atoms with Crippen LogP contribution in [-0.2, 0) is 0 Å². The van der Waals surface area contributed by atoms with Gasteiger partial charge in [-0.25, -0.2) is 0 Å². The third kappa shape index (κ3) is 3.72. The minimum atomic E-state index is -0.270. The van der Waals surface area contributed by atoms with Crippen LogP contribution in [0.4, 0.5) is 5.69 Å². The molecular weight excluding hydrogens is 557 g/mol. The number of aliphatic imine (C=N–C) groups is 1. The zero-order chi connectivity index (χ0) is 29.2. The molecule has 0 radical (unpaired) electrons. The monoisotopic (exact) mass is 580 g/mol. The molecule has 5 heteroatoms. The van der Waals surface area contributed by atoms with Gasteiger partial charge in [0.1, 0.15) is 6.17 Å². The van der Waals surface area contributed by atoms with Gasteiger partial charge in [-0.1, -0.05) is 91.0 Å². The largest absolute Gasteiger partial charge is 0.360 e. The van der Waals surface area contributed by atoms with E-state index in [0.717, 1.165) is 33.8 Å². The molecule has 0 saturated heterocycles. The van der Waals surface area contributed by atoms with Gasteiger partial charge in [0.15, 0.2) is 0 Å². The van der Waals surface area contributed by atoms with E-state index in [2.05, 4.69) is 119 Å². The molecule has 0 bridgehead atoms. The lowest BCUT2D eigenvalue weighted by Gasteiger charge is -2.26. The van der Waals surface area contributed by atoms with Crippen LogP contribution in [0.5, 0.6) is 0 Å². The minimum Gasteiger partial charge on any atom is -0.360 e. The second-order valence-electron chi connectivity index (χ2n) is 11.1. The number of para-hydroxylation sites is 2. The summed E-state index contributed by atoms with van der Waals surface area (Å²) in [6.07, 6.45) is -0.270. The van der Waals surface area contributed by atoms with Crippen LogP contribution in [0, 0.1) is 11.3 Å². The smallest absolute Gasteiger partial charge is 0.145 e. The maximum atomic E-state index is 9.33. The van der Waals surface area contributed by atoms with Gasteiger partial charge in [0.25, 0.3) is 0 Å². The zero-order valence-electron chi connectivity index (χ0n) is 23.5. The number of fused-ring (bicyclic) bond motifs is 8. The van der Waals surface area contributed by atoms with Crippen LogP contribution in [0.3, 0.4) is 0 Å². The zero-order valence-corrected chi connectivity index (χ0v) is 24.3. The summed E-state index contributed by atoms with van der Waals surface area (Å²) in [6, 6.07) is 48.9. The second-order valence-corrected chi connectivity index (χ2v) is 12.2. The maximum absolute atomic E-state index is 9.33. The molecule has 1 unspecified atom stereocenters. The molecule has 1 atom stereocenters. The topological polar surface area (TPSA) is 53.1 Å². The summed E-state index contributed by atoms with van der Waals surface area (Å²) in [5, 5.41) is 18.1. The van der Waals surface area contributed by atoms with Gasteiger partial charge in [-0.05, 0) is 48.0 Å². The number of rotatable bonds is 3. The van der Waals surface area contributed by atoms with Gasteiger partial charge in [0.2, 0.25) is 0 Å². The van der Waals surface area contributed by atoms with Crippen molar-refractivity contribution >= 4 is 64.7 Å². The third-order valence-corrected chi connectivity index (χ3v) is 9.84. The van der Waals surface area contributed by atoms with Crippen LogP contribution < -0.4 is 5.32 Å². The Morgan fingerprint density at radius 3 is 2.36 bits per heavy atom. The quantitative estimate of drug-likeness (QED) is 0.226. The van der Waals surface area contributed by atoms with Crippen molar-refractivity contribution in [2.45, 2.75) is 6.17 Å². The first kappa shape index (κ1) is 24.9. The number of anilines is 1. The molecule has 0 fully saturated rings. The highest BCUT2D eigenvalue weighted by Crippen LogP contribution is 2.43. The number of nitrogens with one attached hydrogen (secondary N) is 1. The predicted molar refractivity (Wildman–Crippen MR) is 183 cm³/mol. The van der Waals surface area contributed by atoms with Crippen LogP contribution in [0.1, 0.15) is 28.4 Å². The van der Waals surface area contributed by atoms with E-state index < -0.39 is 0 Å². The molecule has 206 valence electrons. The fourth-order valence-corrected chi connectivity index (χ4v) is 7.86. The molecule has 1 aliphatic rings. The molecule has 6 aromatic carbocycles. The first-order chi connectivity index (χ1) is 21.8. The first-order valence-corrected chi connectivity index (χ1v) is 15.5. The average molecular weight is 581 g/mol. The molecule has 3 heterocycles. The van der Waals surface area contributed by atoms with E-state index in [1.165, 1.54) is 42.0 Å². The summed E-state index contributed by atoms with van der Waals surface area (Å²) in [5.41, 5.74) is 9.27. The Morgan fingerprint density at radius 1 is 0.705 bits per heavy atom. The maximum Gasteiger partial charge on any atom is 0.145 e. The van der Waals surface area contributed by atoms with E-state index in [1.54, 1.807) is 0 Å². The molecule has 9 rings (SSSR count). The normalized spacial score (nSPS) is 14.4. The lowest BCUT2D eigenvalue weighted by Crippen LogP contribution is -2.20. The highest BCUT2D eigenvalue weighted by atomic mass is 32.1. The molecule has 2 aromatic heterocycles. The van der Waals surface area contributed by atoms with Gasteiger partial charge >= 0.3 is 0 Å². The molecule has 4 nitrogen and oxygen atoms in total. The van der Waals surface area contributed by atoms with Crippen molar-refractivity contribution in [1.29, 1.82) is 5.26 Å². The van der Waals surface area contributed by atoms with E-state index in [1.807, 2.05) is 41.7 Å². The number of thiophene rings is 1. The Morgan fingerprint density at radius 2 is 1.48 bits per heavy atom. The van der Waals surface area contributed by atoms with E-state index in [-0.39, 0.29) is 6.17 Å². The minimum absolute atomic E-state index is 0.270. The molecule has 0 spiro atoms. The van der Waals surface area contributed by atoms with Crippen LogP contribution in [0.25, 0.3) is 47.7 Å². The van der Waals surface area contributed by atoms with Crippen molar-refractivity contribution in [3.8, 4) is 11.8 Å². The lowest BCUT2D eigenvalue weighted by molar-refractivity contribution is 0.826.